The second-order valence-electron chi connectivity index (χ2n) is 4.61. The van der Waals surface area contributed by atoms with Crippen molar-refractivity contribution in [3.8, 4) is 0 Å². The van der Waals surface area contributed by atoms with E-state index in [-0.39, 0.29) is 0 Å². The van der Waals surface area contributed by atoms with Gasteiger partial charge >= 0.3 is 0 Å². The average molecular weight is 258 g/mol. The van der Waals surface area contributed by atoms with Gasteiger partial charge in [-0.3, -0.25) is 9.67 Å². The third-order valence-corrected chi connectivity index (χ3v) is 3.20. The lowest BCUT2D eigenvalue weighted by molar-refractivity contribution is 0.547. The molecule has 0 aromatic carbocycles. The monoisotopic (exact) mass is 258 g/mol. The van der Waals surface area contributed by atoms with Crippen LogP contribution in [-0.4, -0.2) is 14.8 Å². The summed E-state index contributed by atoms with van der Waals surface area (Å²) in [6.07, 6.45) is 5.86. The second kappa shape index (κ2) is 7.04. The largest absolute Gasteiger partial charge is 0.306 e. The Balaban J connectivity index is 1.91. The highest BCUT2D eigenvalue weighted by atomic mass is 15.3. The molecule has 4 heteroatoms. The summed E-state index contributed by atoms with van der Waals surface area (Å²) in [5.74, 6) is 0. The summed E-state index contributed by atoms with van der Waals surface area (Å²) in [5.41, 5.74) is 3.69. The van der Waals surface area contributed by atoms with E-state index in [0.717, 1.165) is 38.2 Å². The molecule has 0 fully saturated rings. The molecule has 0 bridgehead atoms. The van der Waals surface area contributed by atoms with Crippen LogP contribution in [0.5, 0.6) is 0 Å². The van der Waals surface area contributed by atoms with Gasteiger partial charge in [-0.1, -0.05) is 19.9 Å². The standard InChI is InChI=1S/C15H22N4/c1-3-10-19-14(7-9-18-19)11-16-12-15-13(4-2)6-5-8-17-15/h5-9,16H,3-4,10-12H2,1-2H3. The lowest BCUT2D eigenvalue weighted by Gasteiger charge is -2.09. The summed E-state index contributed by atoms with van der Waals surface area (Å²) < 4.78 is 2.06. The quantitative estimate of drug-likeness (QED) is 0.830. The predicted molar refractivity (Wildman–Crippen MR) is 76.7 cm³/mol. The lowest BCUT2D eigenvalue weighted by Crippen LogP contribution is -2.18. The van der Waals surface area contributed by atoms with Crippen molar-refractivity contribution in [2.24, 2.45) is 0 Å². The van der Waals surface area contributed by atoms with E-state index < -0.39 is 0 Å². The molecule has 0 radical (unpaired) electrons. The summed E-state index contributed by atoms with van der Waals surface area (Å²) in [5, 5.41) is 7.78. The van der Waals surface area contributed by atoms with E-state index in [9.17, 15) is 0 Å². The molecule has 0 aliphatic heterocycles. The number of hydrogen-bond acceptors (Lipinski definition) is 3. The number of pyridine rings is 1. The number of nitrogens with zero attached hydrogens (tertiary/aromatic N) is 3. The van der Waals surface area contributed by atoms with Crippen LogP contribution in [0.1, 0.15) is 37.2 Å². The van der Waals surface area contributed by atoms with Crippen molar-refractivity contribution >= 4 is 0 Å². The molecule has 1 N–H and O–H groups in total. The predicted octanol–water partition coefficient (Wildman–Crippen LogP) is 2.54. The molecule has 2 aromatic rings. The first-order valence-electron chi connectivity index (χ1n) is 6.99. The fourth-order valence-electron chi connectivity index (χ4n) is 2.18. The Morgan fingerprint density at radius 2 is 2.05 bits per heavy atom. The second-order valence-corrected chi connectivity index (χ2v) is 4.61. The van der Waals surface area contributed by atoms with E-state index in [1.165, 1.54) is 11.3 Å². The molecule has 0 amide bonds. The number of aromatic nitrogens is 3. The van der Waals surface area contributed by atoms with E-state index in [1.807, 2.05) is 18.5 Å². The Morgan fingerprint density at radius 1 is 1.16 bits per heavy atom. The normalized spacial score (nSPS) is 10.8. The number of hydrogen-bond donors (Lipinski definition) is 1. The van der Waals surface area contributed by atoms with Crippen molar-refractivity contribution in [3.63, 3.8) is 0 Å². The van der Waals surface area contributed by atoms with Crippen molar-refractivity contribution in [1.29, 1.82) is 0 Å². The minimum Gasteiger partial charge on any atom is -0.306 e. The summed E-state index contributed by atoms with van der Waals surface area (Å²) >= 11 is 0. The molecule has 2 rings (SSSR count). The van der Waals surface area contributed by atoms with Crippen molar-refractivity contribution in [1.82, 2.24) is 20.1 Å². The highest BCUT2D eigenvalue weighted by molar-refractivity contribution is 5.19. The minimum atomic E-state index is 0.807. The Bertz CT molecular complexity index is 504. The Labute approximate surface area is 114 Å². The lowest BCUT2D eigenvalue weighted by atomic mass is 10.1. The maximum absolute atomic E-state index is 4.44. The van der Waals surface area contributed by atoms with Crippen LogP contribution in [-0.2, 0) is 26.1 Å². The smallest absolute Gasteiger partial charge is 0.0573 e. The van der Waals surface area contributed by atoms with Crippen LogP contribution >= 0.6 is 0 Å². The van der Waals surface area contributed by atoms with E-state index in [1.54, 1.807) is 0 Å². The minimum absolute atomic E-state index is 0.807. The van der Waals surface area contributed by atoms with Gasteiger partial charge in [0.2, 0.25) is 0 Å². The van der Waals surface area contributed by atoms with Gasteiger partial charge in [-0.25, -0.2) is 0 Å². The van der Waals surface area contributed by atoms with Gasteiger partial charge < -0.3 is 5.32 Å². The third kappa shape index (κ3) is 3.64. The molecular weight excluding hydrogens is 236 g/mol. The molecule has 102 valence electrons. The first-order chi connectivity index (χ1) is 9.35. The molecule has 4 nitrogen and oxygen atoms in total. The van der Waals surface area contributed by atoms with Crippen molar-refractivity contribution in [3.05, 3.63) is 47.5 Å². The molecule has 2 aromatic heterocycles. The highest BCUT2D eigenvalue weighted by Crippen LogP contribution is 2.06. The SMILES string of the molecule is CCCn1nccc1CNCc1ncccc1CC. The van der Waals surface area contributed by atoms with Gasteiger partial charge in [-0.2, -0.15) is 5.10 Å². The average Bonchev–Trinajstić information content (AvgIpc) is 2.87. The van der Waals surface area contributed by atoms with Gasteiger partial charge in [0.1, 0.15) is 0 Å². The van der Waals surface area contributed by atoms with Crippen LogP contribution in [0.15, 0.2) is 30.6 Å². The maximum atomic E-state index is 4.44. The zero-order valence-corrected chi connectivity index (χ0v) is 11.8. The Kier molecular flexibility index (Phi) is 5.10. The summed E-state index contributed by atoms with van der Waals surface area (Å²) in [7, 11) is 0. The summed E-state index contributed by atoms with van der Waals surface area (Å²) in [6.45, 7) is 6.95. The molecule has 0 spiro atoms. The van der Waals surface area contributed by atoms with Crippen LogP contribution in [0.3, 0.4) is 0 Å². The molecule has 0 aliphatic rings. The molecule has 0 atom stereocenters. The zero-order chi connectivity index (χ0) is 13.5. The van der Waals surface area contributed by atoms with Crippen LogP contribution in [0.4, 0.5) is 0 Å². The number of aryl methyl sites for hydroxylation is 2. The molecule has 0 saturated heterocycles. The molecule has 0 unspecified atom stereocenters. The van der Waals surface area contributed by atoms with E-state index >= 15 is 0 Å². The summed E-state index contributed by atoms with van der Waals surface area (Å²) in [6, 6.07) is 6.21. The van der Waals surface area contributed by atoms with Gasteiger partial charge in [0.25, 0.3) is 0 Å². The van der Waals surface area contributed by atoms with Crippen LogP contribution in [0, 0.1) is 0 Å². The van der Waals surface area contributed by atoms with Crippen molar-refractivity contribution in [2.75, 3.05) is 0 Å². The summed E-state index contributed by atoms with van der Waals surface area (Å²) in [4.78, 5) is 4.44. The molecular formula is C15H22N4. The van der Waals surface area contributed by atoms with Crippen LogP contribution < -0.4 is 5.32 Å². The fourth-order valence-corrected chi connectivity index (χ4v) is 2.18. The van der Waals surface area contributed by atoms with Crippen LogP contribution in [0.25, 0.3) is 0 Å². The van der Waals surface area contributed by atoms with Gasteiger partial charge in [-0.15, -0.1) is 0 Å². The highest BCUT2D eigenvalue weighted by Gasteiger charge is 2.03. The van der Waals surface area contributed by atoms with Gasteiger partial charge in [0.15, 0.2) is 0 Å². The first kappa shape index (κ1) is 13.7. The van der Waals surface area contributed by atoms with Crippen molar-refractivity contribution < 1.29 is 0 Å². The van der Waals surface area contributed by atoms with Gasteiger partial charge in [0.05, 0.1) is 11.4 Å². The van der Waals surface area contributed by atoms with E-state index in [2.05, 4.69) is 46.1 Å². The zero-order valence-electron chi connectivity index (χ0n) is 11.8. The Hall–Kier alpha value is -1.68. The van der Waals surface area contributed by atoms with Gasteiger partial charge in [0, 0.05) is 32.0 Å². The first-order valence-corrected chi connectivity index (χ1v) is 6.99. The fraction of sp³-hybridized carbons (Fsp3) is 0.467. The number of rotatable bonds is 7. The van der Waals surface area contributed by atoms with E-state index in [4.69, 9.17) is 0 Å². The molecule has 0 saturated carbocycles. The Morgan fingerprint density at radius 3 is 2.84 bits per heavy atom. The number of nitrogens with one attached hydrogen (secondary N) is 1. The van der Waals surface area contributed by atoms with Gasteiger partial charge in [-0.05, 0) is 30.5 Å². The molecule has 2 heterocycles. The molecule has 0 aliphatic carbocycles. The van der Waals surface area contributed by atoms with Crippen molar-refractivity contribution in [2.45, 2.75) is 46.3 Å². The molecule has 19 heavy (non-hydrogen) atoms. The maximum Gasteiger partial charge on any atom is 0.0573 e. The van der Waals surface area contributed by atoms with E-state index in [0.29, 0.717) is 0 Å². The van der Waals surface area contributed by atoms with Crippen LogP contribution in [0.2, 0.25) is 0 Å². The topological polar surface area (TPSA) is 42.7 Å². The third-order valence-electron chi connectivity index (χ3n) is 3.20.